The van der Waals surface area contributed by atoms with E-state index in [1.807, 2.05) is 6.07 Å². The van der Waals surface area contributed by atoms with Crippen LogP contribution in [0.4, 0.5) is 0 Å². The summed E-state index contributed by atoms with van der Waals surface area (Å²) in [6.45, 7) is 0.437. The van der Waals surface area contributed by atoms with Crippen LogP contribution in [0.15, 0.2) is 45.5 Å². The number of carbonyl (C=O) groups excluding carboxylic acids is 1. The second-order valence-corrected chi connectivity index (χ2v) is 5.13. The van der Waals surface area contributed by atoms with E-state index in [0.29, 0.717) is 21.6 Å². The molecule has 0 aliphatic heterocycles. The molecule has 0 saturated carbocycles. The molecule has 0 unspecified atom stereocenters. The fourth-order valence-electron chi connectivity index (χ4n) is 1.56. The fourth-order valence-corrected chi connectivity index (χ4v) is 2.05. The molecule has 0 atom stereocenters. The van der Waals surface area contributed by atoms with Crippen molar-refractivity contribution in [3.05, 3.63) is 57.4 Å². The number of hydrogen-bond donors (Lipinski definition) is 0. The Balaban J connectivity index is 2.12. The first-order chi connectivity index (χ1) is 8.58. The van der Waals surface area contributed by atoms with Crippen molar-refractivity contribution < 1.29 is 9.21 Å². The average molecular weight is 329 g/mol. The van der Waals surface area contributed by atoms with Gasteiger partial charge in [0.2, 0.25) is 0 Å². The highest BCUT2D eigenvalue weighted by Crippen LogP contribution is 2.23. The van der Waals surface area contributed by atoms with Gasteiger partial charge in [0.05, 0.1) is 17.8 Å². The first-order valence-electron chi connectivity index (χ1n) is 5.31. The molecular formula is C13H11BrClNO2. The van der Waals surface area contributed by atoms with E-state index in [2.05, 4.69) is 15.9 Å². The lowest BCUT2D eigenvalue weighted by molar-refractivity contribution is 0.0775. The van der Waals surface area contributed by atoms with Crippen LogP contribution in [-0.4, -0.2) is 17.9 Å². The monoisotopic (exact) mass is 327 g/mol. The topological polar surface area (TPSA) is 33.5 Å². The molecule has 0 aliphatic rings. The normalized spacial score (nSPS) is 10.4. The summed E-state index contributed by atoms with van der Waals surface area (Å²) >= 11 is 9.20. The zero-order valence-electron chi connectivity index (χ0n) is 9.69. The highest BCUT2D eigenvalue weighted by molar-refractivity contribution is 9.10. The summed E-state index contributed by atoms with van der Waals surface area (Å²) in [4.78, 5) is 13.7. The molecule has 3 nitrogen and oxygen atoms in total. The summed E-state index contributed by atoms with van der Waals surface area (Å²) in [6, 6.07) is 8.74. The quantitative estimate of drug-likeness (QED) is 0.854. The molecule has 1 amide bonds. The van der Waals surface area contributed by atoms with E-state index in [1.54, 1.807) is 42.5 Å². The van der Waals surface area contributed by atoms with Crippen LogP contribution in [0.1, 0.15) is 16.1 Å². The number of rotatable bonds is 3. The second kappa shape index (κ2) is 5.59. The first-order valence-corrected chi connectivity index (χ1v) is 6.48. The first kappa shape index (κ1) is 13.2. The van der Waals surface area contributed by atoms with Crippen molar-refractivity contribution in [2.24, 2.45) is 0 Å². The van der Waals surface area contributed by atoms with Crippen molar-refractivity contribution in [3.8, 4) is 0 Å². The Morgan fingerprint density at radius 2 is 2.22 bits per heavy atom. The Kier molecular flexibility index (Phi) is 4.09. The van der Waals surface area contributed by atoms with Crippen LogP contribution >= 0.6 is 27.5 Å². The maximum atomic E-state index is 12.2. The molecule has 2 aromatic rings. The molecule has 0 aliphatic carbocycles. The predicted molar refractivity (Wildman–Crippen MR) is 73.7 cm³/mol. The van der Waals surface area contributed by atoms with Gasteiger partial charge in [0.1, 0.15) is 5.76 Å². The van der Waals surface area contributed by atoms with Gasteiger partial charge in [0, 0.05) is 17.1 Å². The third-order valence-corrected chi connectivity index (χ3v) is 3.70. The van der Waals surface area contributed by atoms with Crippen molar-refractivity contribution in [2.45, 2.75) is 6.54 Å². The number of carbonyl (C=O) groups is 1. The molecule has 94 valence electrons. The van der Waals surface area contributed by atoms with Gasteiger partial charge in [0.25, 0.3) is 5.91 Å². The molecular weight excluding hydrogens is 318 g/mol. The molecule has 0 N–H and O–H groups in total. The molecule has 0 bridgehead atoms. The molecule has 1 aromatic carbocycles. The van der Waals surface area contributed by atoms with Gasteiger partial charge in [-0.3, -0.25) is 4.79 Å². The van der Waals surface area contributed by atoms with Crippen molar-refractivity contribution in [2.75, 3.05) is 7.05 Å². The number of furan rings is 1. The van der Waals surface area contributed by atoms with Crippen LogP contribution in [0, 0.1) is 0 Å². The summed E-state index contributed by atoms with van der Waals surface area (Å²) in [6.07, 6.45) is 1.59. The van der Waals surface area contributed by atoms with Gasteiger partial charge in [-0.25, -0.2) is 0 Å². The molecule has 0 saturated heterocycles. The van der Waals surface area contributed by atoms with E-state index in [0.717, 1.165) is 5.76 Å². The van der Waals surface area contributed by atoms with Gasteiger partial charge < -0.3 is 9.32 Å². The predicted octanol–water partition coefficient (Wildman–Crippen LogP) is 3.97. The molecule has 5 heteroatoms. The largest absolute Gasteiger partial charge is 0.467 e. The molecule has 1 heterocycles. The third kappa shape index (κ3) is 2.94. The fraction of sp³-hybridized carbons (Fsp3) is 0.154. The van der Waals surface area contributed by atoms with Gasteiger partial charge in [-0.2, -0.15) is 0 Å². The second-order valence-electron chi connectivity index (χ2n) is 3.87. The number of nitrogens with zero attached hydrogens (tertiary/aromatic N) is 1. The lowest BCUT2D eigenvalue weighted by Gasteiger charge is -2.16. The average Bonchev–Trinajstić information content (AvgIpc) is 2.84. The number of amides is 1. The van der Waals surface area contributed by atoms with E-state index >= 15 is 0 Å². The summed E-state index contributed by atoms with van der Waals surface area (Å²) in [5, 5.41) is 0.584. The standard InChI is InChI=1S/C13H11BrClNO2/c1-16(8-10-3-2-6-18-10)13(17)9-4-5-12(15)11(14)7-9/h2-7H,8H2,1H3. The Labute approximate surface area is 118 Å². The molecule has 1 aromatic heterocycles. The lowest BCUT2D eigenvalue weighted by Crippen LogP contribution is -2.25. The molecule has 0 radical (unpaired) electrons. The van der Waals surface area contributed by atoms with Crippen LogP contribution < -0.4 is 0 Å². The minimum absolute atomic E-state index is 0.0798. The van der Waals surface area contributed by atoms with Gasteiger partial charge in [-0.1, -0.05) is 11.6 Å². The summed E-state index contributed by atoms with van der Waals surface area (Å²) in [7, 11) is 1.73. The highest BCUT2D eigenvalue weighted by Gasteiger charge is 2.14. The van der Waals surface area contributed by atoms with Crippen LogP contribution in [0.3, 0.4) is 0 Å². The minimum atomic E-state index is -0.0798. The Bertz CT molecular complexity index is 554. The van der Waals surface area contributed by atoms with Crippen molar-refractivity contribution in [1.82, 2.24) is 4.90 Å². The van der Waals surface area contributed by atoms with Crippen molar-refractivity contribution >= 4 is 33.4 Å². The Morgan fingerprint density at radius 3 is 2.83 bits per heavy atom. The number of hydrogen-bond acceptors (Lipinski definition) is 2. The summed E-state index contributed by atoms with van der Waals surface area (Å²) in [5.74, 6) is 0.669. The van der Waals surface area contributed by atoms with Gasteiger partial charge >= 0.3 is 0 Å². The van der Waals surface area contributed by atoms with Crippen LogP contribution in [-0.2, 0) is 6.54 Å². The van der Waals surface area contributed by atoms with Crippen LogP contribution in [0.5, 0.6) is 0 Å². The summed E-state index contributed by atoms with van der Waals surface area (Å²) in [5.41, 5.74) is 0.584. The number of halogens is 2. The summed E-state index contributed by atoms with van der Waals surface area (Å²) < 4.78 is 5.92. The SMILES string of the molecule is CN(Cc1ccco1)C(=O)c1ccc(Cl)c(Br)c1. The maximum Gasteiger partial charge on any atom is 0.254 e. The van der Waals surface area contributed by atoms with Crippen molar-refractivity contribution in [3.63, 3.8) is 0 Å². The van der Waals surface area contributed by atoms with E-state index in [-0.39, 0.29) is 5.91 Å². The highest BCUT2D eigenvalue weighted by atomic mass is 79.9. The van der Waals surface area contributed by atoms with Gasteiger partial charge in [0.15, 0.2) is 0 Å². The van der Waals surface area contributed by atoms with Crippen LogP contribution in [0.25, 0.3) is 0 Å². The lowest BCUT2D eigenvalue weighted by atomic mass is 10.2. The van der Waals surface area contributed by atoms with Crippen molar-refractivity contribution in [1.29, 1.82) is 0 Å². The Hall–Kier alpha value is -1.26. The van der Waals surface area contributed by atoms with E-state index in [4.69, 9.17) is 16.0 Å². The van der Waals surface area contributed by atoms with Crippen LogP contribution in [0.2, 0.25) is 5.02 Å². The zero-order chi connectivity index (χ0) is 13.1. The van der Waals surface area contributed by atoms with E-state index in [9.17, 15) is 4.79 Å². The van der Waals surface area contributed by atoms with Gasteiger partial charge in [-0.05, 0) is 46.3 Å². The Morgan fingerprint density at radius 1 is 1.44 bits per heavy atom. The third-order valence-electron chi connectivity index (χ3n) is 2.49. The van der Waals surface area contributed by atoms with Gasteiger partial charge in [-0.15, -0.1) is 0 Å². The zero-order valence-corrected chi connectivity index (χ0v) is 12.0. The number of benzene rings is 1. The maximum absolute atomic E-state index is 12.2. The van der Waals surface area contributed by atoms with E-state index < -0.39 is 0 Å². The van der Waals surface area contributed by atoms with E-state index in [1.165, 1.54) is 0 Å². The molecule has 18 heavy (non-hydrogen) atoms. The molecule has 0 spiro atoms. The smallest absolute Gasteiger partial charge is 0.254 e. The minimum Gasteiger partial charge on any atom is -0.467 e. The molecule has 2 rings (SSSR count). The molecule has 0 fully saturated rings.